The summed E-state index contributed by atoms with van der Waals surface area (Å²) in [5.41, 5.74) is 5.50. The number of hydrogen-bond donors (Lipinski definition) is 1. The third-order valence-electron chi connectivity index (χ3n) is 7.94. The van der Waals surface area contributed by atoms with E-state index in [2.05, 4.69) is 17.2 Å². The molecule has 4 aliphatic rings. The first-order valence-corrected chi connectivity index (χ1v) is 13.5. The fourth-order valence-electron chi connectivity index (χ4n) is 5.80. The molecule has 1 N–H and O–H groups in total. The van der Waals surface area contributed by atoms with E-state index in [1.54, 1.807) is 11.3 Å². The fraction of sp³-hybridized carbons (Fsp3) is 0.444. The van der Waals surface area contributed by atoms with Crippen molar-refractivity contribution in [1.29, 1.82) is 0 Å². The summed E-state index contributed by atoms with van der Waals surface area (Å²) in [5, 5.41) is 4.27. The number of nitrogens with one attached hydrogen (secondary N) is 1. The summed E-state index contributed by atoms with van der Waals surface area (Å²) in [7, 11) is 0. The zero-order chi connectivity index (χ0) is 23.9. The van der Waals surface area contributed by atoms with Crippen LogP contribution in [0.2, 0.25) is 5.02 Å². The minimum absolute atomic E-state index is 0.0204. The van der Waals surface area contributed by atoms with Gasteiger partial charge in [0, 0.05) is 41.2 Å². The van der Waals surface area contributed by atoms with Crippen LogP contribution in [0.1, 0.15) is 35.3 Å². The SMILES string of the molecule is Cc1cc(Cl)cc(-c2ccnc3cc(CN4C(=O)C5CC5C4=O)sc23)c1CC1CNCC2(CC2)O1. The van der Waals surface area contributed by atoms with Crippen molar-refractivity contribution in [2.45, 2.75) is 50.9 Å². The maximum absolute atomic E-state index is 12.5. The molecule has 6 nitrogen and oxygen atoms in total. The van der Waals surface area contributed by atoms with E-state index in [0.717, 1.165) is 70.6 Å². The summed E-state index contributed by atoms with van der Waals surface area (Å²) in [6.45, 7) is 4.23. The van der Waals surface area contributed by atoms with Crippen molar-refractivity contribution in [3.63, 3.8) is 0 Å². The molecule has 8 heteroatoms. The van der Waals surface area contributed by atoms with Crippen LogP contribution in [-0.4, -0.2) is 46.5 Å². The highest BCUT2D eigenvalue weighted by atomic mass is 35.5. The third-order valence-corrected chi connectivity index (χ3v) is 9.30. The Balaban J connectivity index is 1.25. The predicted octanol–water partition coefficient (Wildman–Crippen LogP) is 4.49. The number of imide groups is 1. The van der Waals surface area contributed by atoms with Crippen LogP contribution >= 0.6 is 22.9 Å². The van der Waals surface area contributed by atoms with E-state index in [4.69, 9.17) is 16.3 Å². The number of pyridine rings is 1. The molecule has 180 valence electrons. The van der Waals surface area contributed by atoms with E-state index in [1.165, 1.54) is 10.5 Å². The highest BCUT2D eigenvalue weighted by molar-refractivity contribution is 7.19. The topological polar surface area (TPSA) is 71.5 Å². The second kappa shape index (κ2) is 7.84. The minimum atomic E-state index is -0.0752. The first kappa shape index (κ1) is 21.9. The second-order valence-corrected chi connectivity index (χ2v) is 12.1. The molecule has 1 aromatic carbocycles. The Bertz CT molecular complexity index is 1380. The van der Waals surface area contributed by atoms with E-state index < -0.39 is 0 Å². The van der Waals surface area contributed by atoms with Gasteiger partial charge in [-0.3, -0.25) is 19.5 Å². The third kappa shape index (κ3) is 3.71. The van der Waals surface area contributed by atoms with Gasteiger partial charge < -0.3 is 10.1 Å². The zero-order valence-electron chi connectivity index (χ0n) is 19.5. The van der Waals surface area contributed by atoms with Gasteiger partial charge in [-0.05, 0) is 67.1 Å². The Kier molecular flexibility index (Phi) is 4.91. The first-order chi connectivity index (χ1) is 16.9. The van der Waals surface area contributed by atoms with Crippen molar-refractivity contribution in [3.05, 3.63) is 51.5 Å². The van der Waals surface area contributed by atoms with Crippen LogP contribution in [0.4, 0.5) is 0 Å². The van der Waals surface area contributed by atoms with Gasteiger partial charge in [-0.15, -0.1) is 11.3 Å². The van der Waals surface area contributed by atoms with Gasteiger partial charge in [-0.2, -0.15) is 0 Å². The highest BCUT2D eigenvalue weighted by Crippen LogP contribution is 2.48. The van der Waals surface area contributed by atoms with Gasteiger partial charge in [0.15, 0.2) is 0 Å². The summed E-state index contributed by atoms with van der Waals surface area (Å²) in [5.74, 6) is -0.191. The lowest BCUT2D eigenvalue weighted by Gasteiger charge is -2.32. The number of morpholine rings is 1. The lowest BCUT2D eigenvalue weighted by Crippen LogP contribution is -2.47. The van der Waals surface area contributed by atoms with Gasteiger partial charge >= 0.3 is 0 Å². The number of thiophene rings is 1. The van der Waals surface area contributed by atoms with Gasteiger partial charge in [-0.1, -0.05) is 11.6 Å². The molecule has 3 atom stereocenters. The molecule has 0 radical (unpaired) electrons. The van der Waals surface area contributed by atoms with E-state index >= 15 is 0 Å². The van der Waals surface area contributed by atoms with Crippen molar-refractivity contribution in [1.82, 2.24) is 15.2 Å². The van der Waals surface area contributed by atoms with Crippen molar-refractivity contribution in [2.24, 2.45) is 11.8 Å². The van der Waals surface area contributed by atoms with Crippen LogP contribution in [0.5, 0.6) is 0 Å². The van der Waals surface area contributed by atoms with E-state index in [-0.39, 0.29) is 35.4 Å². The quantitative estimate of drug-likeness (QED) is 0.515. The van der Waals surface area contributed by atoms with E-state index in [0.29, 0.717) is 11.6 Å². The number of hydrogen-bond acceptors (Lipinski definition) is 6. The molecule has 2 amide bonds. The zero-order valence-corrected chi connectivity index (χ0v) is 21.0. The van der Waals surface area contributed by atoms with Crippen LogP contribution in [-0.2, 0) is 27.3 Å². The molecule has 4 heterocycles. The number of carbonyl (C=O) groups excluding carboxylic acids is 2. The van der Waals surface area contributed by atoms with Gasteiger partial charge in [0.2, 0.25) is 11.8 Å². The molecule has 3 unspecified atom stereocenters. The summed E-state index contributed by atoms with van der Waals surface area (Å²) in [4.78, 5) is 32.0. The monoisotopic (exact) mass is 507 g/mol. The Hall–Kier alpha value is -2.32. The fourth-order valence-corrected chi connectivity index (χ4v) is 7.20. The number of ether oxygens (including phenoxy) is 1. The molecule has 35 heavy (non-hydrogen) atoms. The Morgan fingerprint density at radius 3 is 2.77 bits per heavy atom. The lowest BCUT2D eigenvalue weighted by molar-refractivity contribution is -0.141. The number of rotatable bonds is 5. The molecule has 2 saturated heterocycles. The number of halogens is 1. The molecule has 1 spiro atoms. The molecule has 4 fully saturated rings. The van der Waals surface area contributed by atoms with E-state index in [1.807, 2.05) is 30.5 Å². The van der Waals surface area contributed by atoms with Crippen LogP contribution < -0.4 is 5.32 Å². The second-order valence-electron chi connectivity index (χ2n) is 10.5. The van der Waals surface area contributed by atoms with Crippen LogP contribution in [0.15, 0.2) is 30.5 Å². The average Bonchev–Trinajstić information content (AvgIpc) is 3.73. The Morgan fingerprint density at radius 2 is 2.00 bits per heavy atom. The van der Waals surface area contributed by atoms with Crippen molar-refractivity contribution >= 4 is 45.0 Å². The maximum Gasteiger partial charge on any atom is 0.233 e. The maximum atomic E-state index is 12.5. The summed E-state index contributed by atoms with van der Waals surface area (Å²) in [6.07, 6.45) is 5.76. The first-order valence-electron chi connectivity index (χ1n) is 12.3. The van der Waals surface area contributed by atoms with Crippen molar-refractivity contribution < 1.29 is 14.3 Å². The summed E-state index contributed by atoms with van der Waals surface area (Å²) >= 11 is 8.16. The largest absolute Gasteiger partial charge is 0.369 e. The molecular formula is C27H26ClN3O3S. The number of piperidine rings is 1. The van der Waals surface area contributed by atoms with Crippen molar-refractivity contribution in [3.8, 4) is 11.1 Å². The number of benzene rings is 1. The van der Waals surface area contributed by atoms with E-state index in [9.17, 15) is 9.59 Å². The summed E-state index contributed by atoms with van der Waals surface area (Å²) < 4.78 is 7.54. The van der Waals surface area contributed by atoms with Gasteiger partial charge in [0.25, 0.3) is 0 Å². The number of likely N-dealkylation sites (tertiary alicyclic amines) is 1. The number of nitrogens with zero attached hydrogens (tertiary/aromatic N) is 2. The molecule has 2 aliphatic carbocycles. The normalized spacial score (nSPS) is 26.6. The Morgan fingerprint density at radius 1 is 1.20 bits per heavy atom. The van der Waals surface area contributed by atoms with Gasteiger partial charge in [0.1, 0.15) is 0 Å². The predicted molar refractivity (Wildman–Crippen MR) is 135 cm³/mol. The molecule has 0 bridgehead atoms. The highest BCUT2D eigenvalue weighted by Gasteiger charge is 2.58. The number of carbonyl (C=O) groups is 2. The number of aromatic nitrogens is 1. The van der Waals surface area contributed by atoms with Gasteiger partial charge in [0.05, 0.1) is 40.3 Å². The Labute approximate surface area is 212 Å². The number of aryl methyl sites for hydroxylation is 1. The lowest BCUT2D eigenvalue weighted by atomic mass is 9.92. The van der Waals surface area contributed by atoms with Crippen molar-refractivity contribution in [2.75, 3.05) is 13.1 Å². The molecule has 2 aromatic heterocycles. The number of amides is 2. The van der Waals surface area contributed by atoms with Crippen LogP contribution in [0.25, 0.3) is 21.3 Å². The standard InChI is InChI=1S/C27H26ClN3O3S/c1-14-6-15(28)7-20(19(14)8-16-11-29-13-27(34-16)3-4-27)18-2-5-30-23-9-17(35-24(18)23)12-31-25(32)21-10-22(21)26(31)33/h2,5-7,9,16,21-22,29H,3-4,8,10-13H2,1H3. The average molecular weight is 508 g/mol. The summed E-state index contributed by atoms with van der Waals surface area (Å²) in [6, 6.07) is 8.12. The molecule has 7 rings (SSSR count). The number of fused-ring (bicyclic) bond motifs is 2. The molecule has 2 saturated carbocycles. The molecule has 3 aromatic rings. The molecular weight excluding hydrogens is 482 g/mol. The van der Waals surface area contributed by atoms with Gasteiger partial charge in [-0.25, -0.2) is 0 Å². The smallest absolute Gasteiger partial charge is 0.233 e. The minimum Gasteiger partial charge on any atom is -0.369 e. The van der Waals surface area contributed by atoms with Crippen LogP contribution in [0, 0.1) is 18.8 Å². The molecule has 2 aliphatic heterocycles. The van der Waals surface area contributed by atoms with Crippen LogP contribution in [0.3, 0.4) is 0 Å².